The molecule has 24 heavy (non-hydrogen) atoms. The smallest absolute Gasteiger partial charge is 0.245 e. The van der Waals surface area contributed by atoms with Crippen molar-refractivity contribution in [3.63, 3.8) is 0 Å². The van der Waals surface area contributed by atoms with E-state index in [9.17, 15) is 13.5 Å². The summed E-state index contributed by atoms with van der Waals surface area (Å²) in [5.41, 5.74) is 0.251. The lowest BCUT2D eigenvalue weighted by Gasteiger charge is -2.49. The Hall–Kier alpha value is -1.55. The summed E-state index contributed by atoms with van der Waals surface area (Å²) in [6.45, 7) is 1.63. The molecule has 2 aliphatic heterocycles. The molecule has 2 aliphatic rings. The molecule has 4 rings (SSSR count). The Morgan fingerprint density at radius 1 is 1.42 bits per heavy atom. The first kappa shape index (κ1) is 15.9. The van der Waals surface area contributed by atoms with Gasteiger partial charge in [-0.05, 0) is 48.3 Å². The Morgan fingerprint density at radius 2 is 2.29 bits per heavy atom. The van der Waals surface area contributed by atoms with Crippen LogP contribution >= 0.6 is 0 Å². The van der Waals surface area contributed by atoms with Gasteiger partial charge in [-0.15, -0.1) is 0 Å². The third kappa shape index (κ3) is 2.34. The molecule has 0 radical (unpaired) electrons. The number of benzene rings is 1. The van der Waals surface area contributed by atoms with Gasteiger partial charge in [-0.1, -0.05) is 6.07 Å². The predicted octanol–water partition coefficient (Wildman–Crippen LogP) is 0.348. The minimum atomic E-state index is -3.73. The number of aromatic nitrogens is 2. The number of nitrogens with one attached hydrogen (secondary N) is 1. The van der Waals surface area contributed by atoms with Crippen LogP contribution in [0.5, 0.6) is 0 Å². The van der Waals surface area contributed by atoms with Crippen molar-refractivity contribution in [1.29, 1.82) is 0 Å². The molecule has 2 atom stereocenters. The molecule has 0 aliphatic carbocycles. The van der Waals surface area contributed by atoms with E-state index in [1.807, 2.05) is 0 Å². The molecule has 0 unspecified atom stereocenters. The average Bonchev–Trinajstić information content (AvgIpc) is 3.09. The first-order valence-electron chi connectivity index (χ1n) is 8.12. The van der Waals surface area contributed by atoms with Crippen molar-refractivity contribution in [2.24, 2.45) is 5.41 Å². The molecular formula is C15H20N4O4S. The van der Waals surface area contributed by atoms with Gasteiger partial charge in [-0.3, -0.25) is 0 Å². The highest BCUT2D eigenvalue weighted by molar-refractivity contribution is 7.89. The zero-order valence-corrected chi connectivity index (χ0v) is 14.0. The summed E-state index contributed by atoms with van der Waals surface area (Å²) in [6.07, 6.45) is 2.45. The van der Waals surface area contributed by atoms with Crippen LogP contribution in [0.4, 0.5) is 0 Å². The zero-order chi connectivity index (χ0) is 16.8. The number of sulfonamides is 1. The summed E-state index contributed by atoms with van der Waals surface area (Å²) in [5, 5.41) is 20.9. The molecule has 9 heteroatoms. The number of fused-ring (bicyclic) bond motifs is 2. The first-order valence-corrected chi connectivity index (χ1v) is 9.56. The van der Waals surface area contributed by atoms with E-state index < -0.39 is 15.4 Å². The number of aliphatic hydroxyl groups is 1. The van der Waals surface area contributed by atoms with Crippen LogP contribution in [0.2, 0.25) is 0 Å². The molecular weight excluding hydrogens is 332 g/mol. The maximum Gasteiger partial charge on any atom is 0.245 e. The van der Waals surface area contributed by atoms with E-state index in [0.29, 0.717) is 25.0 Å². The van der Waals surface area contributed by atoms with Crippen LogP contribution in [0.3, 0.4) is 0 Å². The zero-order valence-electron chi connectivity index (χ0n) is 13.2. The molecule has 2 saturated heterocycles. The van der Waals surface area contributed by atoms with E-state index in [4.69, 9.17) is 0 Å². The second kappa shape index (κ2) is 5.76. The van der Waals surface area contributed by atoms with Gasteiger partial charge in [0.2, 0.25) is 10.0 Å². The standard InChI is InChI=1S/C15H20N4O4S/c20-10-15-6-2-7-16-13(15)5-8-19(9-15)24(21,22)12-4-1-3-11-14(12)18-23-17-11/h1,3-4,13,16,20H,2,5-10H2/t13-,15-/m1/s1. The van der Waals surface area contributed by atoms with E-state index in [1.165, 1.54) is 10.4 Å². The van der Waals surface area contributed by atoms with E-state index in [1.54, 1.807) is 12.1 Å². The fourth-order valence-corrected chi connectivity index (χ4v) is 5.67. The Kier molecular flexibility index (Phi) is 3.83. The van der Waals surface area contributed by atoms with Crippen LogP contribution < -0.4 is 5.32 Å². The first-order chi connectivity index (χ1) is 11.6. The maximum atomic E-state index is 13.1. The maximum absolute atomic E-state index is 13.1. The van der Waals surface area contributed by atoms with Gasteiger partial charge < -0.3 is 10.4 Å². The van der Waals surface area contributed by atoms with Crippen molar-refractivity contribution >= 4 is 21.1 Å². The van der Waals surface area contributed by atoms with Crippen molar-refractivity contribution in [3.8, 4) is 0 Å². The van der Waals surface area contributed by atoms with Gasteiger partial charge in [-0.2, -0.15) is 4.31 Å². The normalized spacial score (nSPS) is 28.8. The molecule has 0 spiro atoms. The lowest BCUT2D eigenvalue weighted by molar-refractivity contribution is 0.00549. The van der Waals surface area contributed by atoms with Gasteiger partial charge in [0.05, 0.1) is 6.61 Å². The van der Waals surface area contributed by atoms with E-state index in [2.05, 4.69) is 20.3 Å². The van der Waals surface area contributed by atoms with Crippen LogP contribution in [0.1, 0.15) is 19.3 Å². The predicted molar refractivity (Wildman–Crippen MR) is 85.7 cm³/mol. The van der Waals surface area contributed by atoms with E-state index in [-0.39, 0.29) is 23.1 Å². The number of aliphatic hydroxyl groups excluding tert-OH is 1. The Bertz CT molecular complexity index is 852. The summed E-state index contributed by atoms with van der Waals surface area (Å²) in [6, 6.07) is 4.99. The fraction of sp³-hybridized carbons (Fsp3) is 0.600. The van der Waals surface area contributed by atoms with Crippen LogP contribution in [-0.4, -0.2) is 60.4 Å². The van der Waals surface area contributed by atoms with Gasteiger partial charge in [0, 0.05) is 24.5 Å². The number of rotatable bonds is 3. The highest BCUT2D eigenvalue weighted by atomic mass is 32.2. The van der Waals surface area contributed by atoms with Crippen LogP contribution in [0.15, 0.2) is 27.7 Å². The minimum Gasteiger partial charge on any atom is -0.396 e. The van der Waals surface area contributed by atoms with E-state index in [0.717, 1.165) is 19.4 Å². The minimum absolute atomic E-state index is 0.0214. The lowest BCUT2D eigenvalue weighted by atomic mass is 9.71. The van der Waals surface area contributed by atoms with Crippen LogP contribution in [-0.2, 0) is 10.0 Å². The quantitative estimate of drug-likeness (QED) is 0.820. The molecule has 2 aromatic rings. The lowest BCUT2D eigenvalue weighted by Crippen LogP contribution is -2.62. The Morgan fingerprint density at radius 3 is 3.12 bits per heavy atom. The molecule has 1 aromatic heterocycles. The van der Waals surface area contributed by atoms with Crippen molar-refractivity contribution in [2.45, 2.75) is 30.2 Å². The van der Waals surface area contributed by atoms with Crippen molar-refractivity contribution in [2.75, 3.05) is 26.2 Å². The molecule has 3 heterocycles. The van der Waals surface area contributed by atoms with Crippen molar-refractivity contribution < 1.29 is 18.2 Å². The average molecular weight is 352 g/mol. The monoisotopic (exact) mass is 352 g/mol. The third-order valence-corrected chi connectivity index (χ3v) is 7.20. The van der Waals surface area contributed by atoms with Gasteiger partial charge in [-0.25, -0.2) is 13.0 Å². The fourth-order valence-electron chi connectivity index (χ4n) is 3.98. The van der Waals surface area contributed by atoms with Crippen molar-refractivity contribution in [3.05, 3.63) is 18.2 Å². The summed E-state index contributed by atoms with van der Waals surface area (Å²) in [4.78, 5) is 0.108. The highest BCUT2D eigenvalue weighted by Gasteiger charge is 2.47. The largest absolute Gasteiger partial charge is 0.396 e. The Balaban J connectivity index is 1.71. The summed E-state index contributed by atoms with van der Waals surface area (Å²) >= 11 is 0. The van der Waals surface area contributed by atoms with Crippen LogP contribution in [0, 0.1) is 5.41 Å². The molecule has 0 bridgehead atoms. The van der Waals surface area contributed by atoms with E-state index >= 15 is 0 Å². The molecule has 2 N–H and O–H groups in total. The number of nitrogens with zero attached hydrogens (tertiary/aromatic N) is 3. The molecule has 8 nitrogen and oxygen atoms in total. The summed E-state index contributed by atoms with van der Waals surface area (Å²) in [7, 11) is -3.73. The molecule has 0 amide bonds. The number of piperidine rings is 2. The molecule has 1 aromatic carbocycles. The summed E-state index contributed by atoms with van der Waals surface area (Å²) < 4.78 is 32.4. The molecule has 130 valence electrons. The third-order valence-electron chi connectivity index (χ3n) is 5.32. The van der Waals surface area contributed by atoms with Crippen molar-refractivity contribution in [1.82, 2.24) is 19.9 Å². The molecule has 2 fully saturated rings. The Labute approximate surface area is 139 Å². The highest BCUT2D eigenvalue weighted by Crippen LogP contribution is 2.39. The van der Waals surface area contributed by atoms with Gasteiger partial charge in [0.1, 0.15) is 10.4 Å². The van der Waals surface area contributed by atoms with Gasteiger partial charge >= 0.3 is 0 Å². The summed E-state index contributed by atoms with van der Waals surface area (Å²) in [5.74, 6) is 0. The number of hydrogen-bond donors (Lipinski definition) is 2. The second-order valence-electron chi connectivity index (χ2n) is 6.65. The second-order valence-corrected chi connectivity index (χ2v) is 8.55. The molecule has 0 saturated carbocycles. The SMILES string of the molecule is O=S(=O)(c1cccc2nonc12)N1CC[C@H]2NCCC[C@]2(CO)C1. The van der Waals surface area contributed by atoms with Gasteiger partial charge in [0.25, 0.3) is 0 Å². The topological polar surface area (TPSA) is 109 Å². The van der Waals surface area contributed by atoms with Gasteiger partial charge in [0.15, 0.2) is 5.52 Å². The van der Waals surface area contributed by atoms with Crippen LogP contribution in [0.25, 0.3) is 11.0 Å². The number of hydrogen-bond acceptors (Lipinski definition) is 7.